The summed E-state index contributed by atoms with van der Waals surface area (Å²) < 4.78 is 46.0. The first-order chi connectivity index (χ1) is 11.9. The SMILES string of the molecule is CN(C(=O)OC(C)(C)C)C1CCCN(c2ccc(OC(F)(F)F)cc2)C1. The Morgan fingerprint density at radius 2 is 1.81 bits per heavy atom. The van der Waals surface area contributed by atoms with Crippen LogP contribution in [0.15, 0.2) is 24.3 Å². The first-order valence-electron chi connectivity index (χ1n) is 8.51. The number of anilines is 1. The average Bonchev–Trinajstić information content (AvgIpc) is 2.52. The van der Waals surface area contributed by atoms with Crippen molar-refractivity contribution in [1.29, 1.82) is 0 Å². The summed E-state index contributed by atoms with van der Waals surface area (Å²) in [7, 11) is 1.71. The number of ether oxygens (including phenoxy) is 2. The second kappa shape index (κ2) is 7.63. The number of halogens is 3. The summed E-state index contributed by atoms with van der Waals surface area (Å²) in [4.78, 5) is 15.9. The van der Waals surface area contributed by atoms with Crippen molar-refractivity contribution in [2.24, 2.45) is 0 Å². The third kappa shape index (κ3) is 6.00. The van der Waals surface area contributed by atoms with E-state index in [4.69, 9.17) is 4.74 Å². The molecule has 2 rings (SSSR count). The molecule has 0 spiro atoms. The van der Waals surface area contributed by atoms with Gasteiger partial charge in [-0.2, -0.15) is 0 Å². The van der Waals surface area contributed by atoms with E-state index in [1.165, 1.54) is 12.1 Å². The van der Waals surface area contributed by atoms with Gasteiger partial charge in [-0.1, -0.05) is 0 Å². The van der Waals surface area contributed by atoms with E-state index in [-0.39, 0.29) is 17.9 Å². The fourth-order valence-corrected chi connectivity index (χ4v) is 2.85. The molecular formula is C18H25F3N2O3. The van der Waals surface area contributed by atoms with Gasteiger partial charge in [0.1, 0.15) is 11.4 Å². The lowest BCUT2D eigenvalue weighted by Crippen LogP contribution is -2.49. The number of benzene rings is 1. The van der Waals surface area contributed by atoms with E-state index in [9.17, 15) is 18.0 Å². The lowest BCUT2D eigenvalue weighted by Gasteiger charge is -2.39. The van der Waals surface area contributed by atoms with Crippen LogP contribution in [0.5, 0.6) is 5.75 Å². The molecule has 0 N–H and O–H groups in total. The molecule has 1 saturated heterocycles. The van der Waals surface area contributed by atoms with Crippen LogP contribution < -0.4 is 9.64 Å². The zero-order valence-electron chi connectivity index (χ0n) is 15.5. The van der Waals surface area contributed by atoms with Crippen LogP contribution in [0.4, 0.5) is 23.7 Å². The van der Waals surface area contributed by atoms with Crippen molar-refractivity contribution >= 4 is 11.8 Å². The average molecular weight is 374 g/mol. The molecule has 1 fully saturated rings. The van der Waals surface area contributed by atoms with E-state index in [1.54, 1.807) is 24.1 Å². The first kappa shape index (κ1) is 20.2. The molecule has 8 heteroatoms. The van der Waals surface area contributed by atoms with Crippen molar-refractivity contribution in [3.8, 4) is 5.75 Å². The van der Waals surface area contributed by atoms with E-state index in [2.05, 4.69) is 4.74 Å². The highest BCUT2D eigenvalue weighted by atomic mass is 19.4. The molecule has 146 valence electrons. The van der Waals surface area contributed by atoms with E-state index in [0.717, 1.165) is 25.1 Å². The fourth-order valence-electron chi connectivity index (χ4n) is 2.85. The van der Waals surface area contributed by atoms with Gasteiger partial charge in [0, 0.05) is 25.8 Å². The van der Waals surface area contributed by atoms with Gasteiger partial charge in [0.05, 0.1) is 6.04 Å². The van der Waals surface area contributed by atoms with Crippen molar-refractivity contribution in [2.75, 3.05) is 25.0 Å². The van der Waals surface area contributed by atoms with Crippen LogP contribution in [0, 0.1) is 0 Å². The Hall–Kier alpha value is -2.12. The summed E-state index contributed by atoms with van der Waals surface area (Å²) in [6.07, 6.45) is -3.35. The zero-order chi connectivity index (χ0) is 19.5. The third-order valence-electron chi connectivity index (χ3n) is 4.06. The Labute approximate surface area is 151 Å². The van der Waals surface area contributed by atoms with Gasteiger partial charge in [-0.05, 0) is 57.9 Å². The maximum atomic E-state index is 12.2. The minimum atomic E-state index is -4.70. The van der Waals surface area contributed by atoms with Crippen LogP contribution in [-0.2, 0) is 4.74 Å². The van der Waals surface area contributed by atoms with Gasteiger partial charge in [-0.15, -0.1) is 13.2 Å². The molecule has 26 heavy (non-hydrogen) atoms. The van der Waals surface area contributed by atoms with E-state index in [0.29, 0.717) is 6.54 Å². The van der Waals surface area contributed by atoms with Crippen LogP contribution in [0.1, 0.15) is 33.6 Å². The number of carbonyl (C=O) groups is 1. The molecule has 0 saturated carbocycles. The molecule has 1 atom stereocenters. The maximum Gasteiger partial charge on any atom is 0.573 e. The second-order valence-electron chi connectivity index (χ2n) is 7.38. The van der Waals surface area contributed by atoms with Crippen molar-refractivity contribution in [3.05, 3.63) is 24.3 Å². The highest BCUT2D eigenvalue weighted by Crippen LogP contribution is 2.27. The maximum absolute atomic E-state index is 12.2. The molecule has 1 aliphatic heterocycles. The summed E-state index contributed by atoms with van der Waals surface area (Å²) in [5.74, 6) is -0.249. The number of nitrogens with zero attached hydrogens (tertiary/aromatic N) is 2. The normalized spacial score (nSPS) is 18.4. The molecule has 1 unspecified atom stereocenters. The molecule has 1 aromatic carbocycles. The fraction of sp³-hybridized carbons (Fsp3) is 0.611. The third-order valence-corrected chi connectivity index (χ3v) is 4.06. The van der Waals surface area contributed by atoms with Gasteiger partial charge in [0.25, 0.3) is 0 Å². The van der Waals surface area contributed by atoms with Crippen LogP contribution >= 0.6 is 0 Å². The van der Waals surface area contributed by atoms with Gasteiger partial charge in [0.2, 0.25) is 0 Å². The van der Waals surface area contributed by atoms with E-state index < -0.39 is 12.0 Å². The Balaban J connectivity index is 2.00. The summed E-state index contributed by atoms with van der Waals surface area (Å²) in [6.45, 7) is 6.82. The van der Waals surface area contributed by atoms with Crippen LogP contribution in [0.25, 0.3) is 0 Å². The molecule has 0 radical (unpaired) electrons. The predicted octanol–water partition coefficient (Wildman–Crippen LogP) is 4.42. The molecule has 0 aromatic heterocycles. The standard InChI is InChI=1S/C18H25F3N2O3/c1-17(2,3)26-16(24)22(4)14-6-5-11-23(12-14)13-7-9-15(10-8-13)25-18(19,20)21/h7-10,14H,5-6,11-12H2,1-4H3. The Morgan fingerprint density at radius 3 is 2.35 bits per heavy atom. The summed E-state index contributed by atoms with van der Waals surface area (Å²) in [5.41, 5.74) is 0.232. The number of hydrogen-bond acceptors (Lipinski definition) is 4. The lowest BCUT2D eigenvalue weighted by molar-refractivity contribution is -0.274. The Morgan fingerprint density at radius 1 is 1.19 bits per heavy atom. The van der Waals surface area contributed by atoms with Gasteiger partial charge in [-0.25, -0.2) is 4.79 Å². The molecule has 0 aliphatic carbocycles. The number of alkyl halides is 3. The topological polar surface area (TPSA) is 42.0 Å². The van der Waals surface area contributed by atoms with Gasteiger partial charge in [0.15, 0.2) is 0 Å². The van der Waals surface area contributed by atoms with Crippen molar-refractivity contribution in [1.82, 2.24) is 4.90 Å². The van der Waals surface area contributed by atoms with Crippen molar-refractivity contribution < 1.29 is 27.4 Å². The Bertz CT molecular complexity index is 612. The minimum Gasteiger partial charge on any atom is -0.444 e. The molecule has 1 heterocycles. The summed E-state index contributed by atoms with van der Waals surface area (Å²) in [5, 5.41) is 0. The quantitative estimate of drug-likeness (QED) is 0.785. The lowest BCUT2D eigenvalue weighted by atomic mass is 10.0. The van der Waals surface area contributed by atoms with Crippen LogP contribution in [-0.4, -0.2) is 49.1 Å². The van der Waals surface area contributed by atoms with Gasteiger partial charge in [-0.3, -0.25) is 0 Å². The van der Waals surface area contributed by atoms with Crippen molar-refractivity contribution in [2.45, 2.75) is 51.6 Å². The van der Waals surface area contributed by atoms with Gasteiger partial charge >= 0.3 is 12.5 Å². The largest absolute Gasteiger partial charge is 0.573 e. The number of likely N-dealkylation sites (N-methyl/N-ethyl adjacent to an activating group) is 1. The molecular weight excluding hydrogens is 349 g/mol. The highest BCUT2D eigenvalue weighted by Gasteiger charge is 2.32. The molecule has 1 aromatic rings. The number of hydrogen-bond donors (Lipinski definition) is 0. The number of piperidine rings is 1. The molecule has 0 bridgehead atoms. The van der Waals surface area contributed by atoms with Gasteiger partial charge < -0.3 is 19.3 Å². The van der Waals surface area contributed by atoms with Crippen molar-refractivity contribution in [3.63, 3.8) is 0 Å². The van der Waals surface area contributed by atoms with E-state index in [1.807, 2.05) is 25.7 Å². The molecule has 5 nitrogen and oxygen atoms in total. The molecule has 1 amide bonds. The first-order valence-corrected chi connectivity index (χ1v) is 8.51. The molecule has 1 aliphatic rings. The van der Waals surface area contributed by atoms with Crippen LogP contribution in [0.2, 0.25) is 0 Å². The summed E-state index contributed by atoms with van der Waals surface area (Å²) >= 11 is 0. The zero-order valence-corrected chi connectivity index (χ0v) is 15.5. The highest BCUT2D eigenvalue weighted by molar-refractivity contribution is 5.68. The second-order valence-corrected chi connectivity index (χ2v) is 7.38. The predicted molar refractivity (Wildman–Crippen MR) is 92.4 cm³/mol. The smallest absolute Gasteiger partial charge is 0.444 e. The number of rotatable bonds is 3. The van der Waals surface area contributed by atoms with E-state index >= 15 is 0 Å². The number of carbonyl (C=O) groups excluding carboxylic acids is 1. The number of amides is 1. The minimum absolute atomic E-state index is 0.0234. The van der Waals surface area contributed by atoms with Crippen LogP contribution in [0.3, 0.4) is 0 Å². The monoisotopic (exact) mass is 374 g/mol. The Kier molecular flexibility index (Phi) is 5.93. The summed E-state index contributed by atoms with van der Waals surface area (Å²) in [6, 6.07) is 5.76.